The van der Waals surface area contributed by atoms with Gasteiger partial charge in [-0.05, 0) is 19.3 Å². The summed E-state index contributed by atoms with van der Waals surface area (Å²) in [7, 11) is 0. The highest BCUT2D eigenvalue weighted by molar-refractivity contribution is 5.85. The first kappa shape index (κ1) is 18.9. The molecule has 2 aliphatic rings. The van der Waals surface area contributed by atoms with Gasteiger partial charge in [-0.25, -0.2) is 19.2 Å². The fourth-order valence-electron chi connectivity index (χ4n) is 3.44. The van der Waals surface area contributed by atoms with Gasteiger partial charge in [-0.1, -0.05) is 0 Å². The first-order chi connectivity index (χ1) is 13.0. The largest absolute Gasteiger partial charge is 0.486 e. The smallest absolute Gasteiger partial charge is 0.404 e. The molecule has 27 heavy (non-hydrogen) atoms. The number of anilines is 1. The van der Waals surface area contributed by atoms with E-state index in [0.717, 1.165) is 25.8 Å². The number of aromatic nitrogens is 2. The van der Waals surface area contributed by atoms with Crippen LogP contribution < -0.4 is 20.3 Å². The van der Waals surface area contributed by atoms with E-state index in [2.05, 4.69) is 20.6 Å². The van der Waals surface area contributed by atoms with Crippen LogP contribution in [-0.4, -0.2) is 59.9 Å². The molecule has 0 radical (unpaired) electrons. The van der Waals surface area contributed by atoms with E-state index in [1.54, 1.807) is 0 Å². The maximum atomic E-state index is 12.7. The molecular weight excluding hydrogens is 357 g/mol. The van der Waals surface area contributed by atoms with Crippen molar-refractivity contribution in [2.24, 2.45) is 5.41 Å². The van der Waals surface area contributed by atoms with Crippen LogP contribution in [0.5, 0.6) is 5.75 Å². The summed E-state index contributed by atoms with van der Waals surface area (Å²) in [5.74, 6) is 0.973. The number of carbonyl (C=O) groups excluding carboxylic acids is 1. The number of hydrogen-bond donors (Lipinski definition) is 3. The van der Waals surface area contributed by atoms with E-state index in [0.29, 0.717) is 31.1 Å². The van der Waals surface area contributed by atoms with Crippen LogP contribution in [0.15, 0.2) is 24.3 Å². The lowest BCUT2D eigenvalue weighted by Crippen LogP contribution is -2.47. The van der Waals surface area contributed by atoms with E-state index >= 15 is 0 Å². The van der Waals surface area contributed by atoms with Gasteiger partial charge < -0.3 is 25.4 Å². The number of halogens is 1. The minimum absolute atomic E-state index is 0.104. The maximum Gasteiger partial charge on any atom is 0.404 e. The Morgan fingerprint density at radius 1 is 1.44 bits per heavy atom. The molecule has 1 unspecified atom stereocenters. The zero-order chi connectivity index (χ0) is 19.3. The summed E-state index contributed by atoms with van der Waals surface area (Å²) in [6.07, 6.45) is 4.64. The standard InChI is InChI=1S/C17H22FN5O4/c18-6-12(7-22-16(25)26)10-27-13-8-20-15(21-9-13)23-5-1-2-17(11-23)3-4-19-14(17)24/h6,8-9,22H,1-5,7,10-11H2,(H,19,24)(H,25,26)/b12-6+. The van der Waals surface area contributed by atoms with E-state index in [-0.39, 0.29) is 30.0 Å². The molecule has 3 rings (SSSR count). The number of hydrogen-bond acceptors (Lipinski definition) is 6. The SMILES string of the molecule is O=C(O)NC/C(=C\F)COc1cnc(N2CCCC3(CCNC3=O)C2)nc1. The molecule has 1 spiro atoms. The highest BCUT2D eigenvalue weighted by Crippen LogP contribution is 2.37. The van der Waals surface area contributed by atoms with E-state index in [4.69, 9.17) is 9.84 Å². The van der Waals surface area contributed by atoms with Crippen LogP contribution in [0, 0.1) is 5.41 Å². The lowest BCUT2D eigenvalue weighted by atomic mass is 9.78. The third kappa shape index (κ3) is 4.44. The predicted octanol–water partition coefficient (Wildman–Crippen LogP) is 1.08. The fraction of sp³-hybridized carbons (Fsp3) is 0.529. The molecule has 146 valence electrons. The Labute approximate surface area is 155 Å². The molecule has 1 aromatic rings. The van der Waals surface area contributed by atoms with Gasteiger partial charge in [0.25, 0.3) is 0 Å². The molecule has 0 bridgehead atoms. The number of nitrogens with zero attached hydrogens (tertiary/aromatic N) is 3. The van der Waals surface area contributed by atoms with Crippen LogP contribution in [0.1, 0.15) is 19.3 Å². The lowest BCUT2D eigenvalue weighted by molar-refractivity contribution is -0.128. The molecule has 2 aliphatic heterocycles. The number of nitrogens with one attached hydrogen (secondary N) is 2. The summed E-state index contributed by atoms with van der Waals surface area (Å²) in [5, 5.41) is 13.5. The Balaban J connectivity index is 1.57. The lowest BCUT2D eigenvalue weighted by Gasteiger charge is -2.38. The van der Waals surface area contributed by atoms with Crippen LogP contribution in [-0.2, 0) is 4.79 Å². The Morgan fingerprint density at radius 2 is 2.22 bits per heavy atom. The number of carbonyl (C=O) groups is 2. The van der Waals surface area contributed by atoms with E-state index in [1.807, 2.05) is 4.90 Å². The molecule has 3 heterocycles. The molecule has 1 atom stereocenters. The Hall–Kier alpha value is -2.91. The first-order valence-electron chi connectivity index (χ1n) is 8.75. The third-order valence-corrected chi connectivity index (χ3v) is 4.89. The zero-order valence-corrected chi connectivity index (χ0v) is 14.8. The van der Waals surface area contributed by atoms with Crippen LogP contribution in [0.25, 0.3) is 0 Å². The van der Waals surface area contributed by atoms with Crippen molar-refractivity contribution in [3.8, 4) is 5.75 Å². The summed E-state index contributed by atoms with van der Waals surface area (Å²) in [5.41, 5.74) is -0.207. The second-order valence-corrected chi connectivity index (χ2v) is 6.74. The van der Waals surface area contributed by atoms with Gasteiger partial charge in [-0.3, -0.25) is 4.79 Å². The third-order valence-electron chi connectivity index (χ3n) is 4.89. The molecule has 2 fully saturated rings. The van der Waals surface area contributed by atoms with Crippen molar-refractivity contribution >= 4 is 17.9 Å². The van der Waals surface area contributed by atoms with E-state index in [1.165, 1.54) is 12.4 Å². The second kappa shape index (κ2) is 8.19. The van der Waals surface area contributed by atoms with E-state index < -0.39 is 6.09 Å². The van der Waals surface area contributed by atoms with Gasteiger partial charge in [0.05, 0.1) is 24.1 Å². The van der Waals surface area contributed by atoms with Crippen molar-refractivity contribution in [1.82, 2.24) is 20.6 Å². The number of rotatable bonds is 6. The van der Waals surface area contributed by atoms with Crippen LogP contribution in [0.4, 0.5) is 15.1 Å². The number of piperidine rings is 1. The molecule has 2 saturated heterocycles. The summed E-state index contributed by atoms with van der Waals surface area (Å²) >= 11 is 0. The molecule has 3 N–H and O–H groups in total. The van der Waals surface area contributed by atoms with Crippen LogP contribution >= 0.6 is 0 Å². The second-order valence-electron chi connectivity index (χ2n) is 6.74. The van der Waals surface area contributed by atoms with Crippen LogP contribution in [0.2, 0.25) is 0 Å². The number of amides is 2. The average molecular weight is 379 g/mol. The summed E-state index contributed by atoms with van der Waals surface area (Å²) in [4.78, 5) is 33.2. The summed E-state index contributed by atoms with van der Waals surface area (Å²) in [6, 6.07) is 0. The highest BCUT2D eigenvalue weighted by Gasteiger charge is 2.45. The Bertz CT molecular complexity index is 727. The van der Waals surface area contributed by atoms with Gasteiger partial charge in [0, 0.05) is 31.8 Å². The average Bonchev–Trinajstić information content (AvgIpc) is 3.01. The molecule has 0 aromatic carbocycles. The quantitative estimate of drug-likeness (QED) is 0.677. The number of carboxylic acid groups (broad SMARTS) is 1. The Kier molecular flexibility index (Phi) is 5.72. The van der Waals surface area contributed by atoms with Crippen molar-refractivity contribution in [2.75, 3.05) is 37.7 Å². The number of ether oxygens (including phenoxy) is 1. The molecule has 2 amide bonds. The minimum atomic E-state index is -1.24. The van der Waals surface area contributed by atoms with Crippen molar-refractivity contribution in [3.05, 3.63) is 24.3 Å². The monoisotopic (exact) mass is 379 g/mol. The van der Waals surface area contributed by atoms with Gasteiger partial charge in [0.15, 0.2) is 5.75 Å². The topological polar surface area (TPSA) is 117 Å². The predicted molar refractivity (Wildman–Crippen MR) is 94.3 cm³/mol. The van der Waals surface area contributed by atoms with E-state index in [9.17, 15) is 14.0 Å². The van der Waals surface area contributed by atoms with Gasteiger partial charge in [-0.2, -0.15) is 0 Å². The normalized spacial score (nSPS) is 22.6. The molecule has 0 aliphatic carbocycles. The van der Waals surface area contributed by atoms with Gasteiger partial charge in [0.1, 0.15) is 6.61 Å². The van der Waals surface area contributed by atoms with Crippen molar-refractivity contribution in [2.45, 2.75) is 19.3 Å². The van der Waals surface area contributed by atoms with Crippen molar-refractivity contribution in [1.29, 1.82) is 0 Å². The van der Waals surface area contributed by atoms with Gasteiger partial charge >= 0.3 is 6.09 Å². The summed E-state index contributed by atoms with van der Waals surface area (Å²) < 4.78 is 18.1. The van der Waals surface area contributed by atoms with Gasteiger partial charge in [-0.15, -0.1) is 0 Å². The minimum Gasteiger partial charge on any atom is -0.486 e. The highest BCUT2D eigenvalue weighted by atomic mass is 19.1. The molecule has 10 heteroatoms. The van der Waals surface area contributed by atoms with Gasteiger partial charge in [0.2, 0.25) is 11.9 Å². The van der Waals surface area contributed by atoms with Crippen LogP contribution in [0.3, 0.4) is 0 Å². The maximum absolute atomic E-state index is 12.7. The molecular formula is C17H22FN5O4. The van der Waals surface area contributed by atoms with Crippen molar-refractivity contribution in [3.63, 3.8) is 0 Å². The molecule has 9 nitrogen and oxygen atoms in total. The molecule has 1 aromatic heterocycles. The first-order valence-corrected chi connectivity index (χ1v) is 8.75. The van der Waals surface area contributed by atoms with Crippen molar-refractivity contribution < 1.29 is 23.8 Å². The fourth-order valence-corrected chi connectivity index (χ4v) is 3.44. The Morgan fingerprint density at radius 3 is 2.85 bits per heavy atom. The zero-order valence-electron chi connectivity index (χ0n) is 14.8. The summed E-state index contributed by atoms with van der Waals surface area (Å²) in [6.45, 7) is 1.80. The molecule has 0 saturated carbocycles.